The van der Waals surface area contributed by atoms with Crippen LogP contribution in [0.15, 0.2) is 17.6 Å². The standard InChI is InChI=1S/C19H27N3S/c1-4-7-13-8-9-17-15(10-11-23-17)18(13)22-19-16(6-3)20-12-14(5-2)21-19/h10-13,18H,4-9H2,1-3H3,(H,21,22)/t13-,18-/m1/s1. The predicted molar refractivity (Wildman–Crippen MR) is 98.2 cm³/mol. The molecule has 0 spiro atoms. The van der Waals surface area contributed by atoms with Crippen LogP contribution in [0.1, 0.15) is 67.9 Å². The van der Waals surface area contributed by atoms with Crippen LogP contribution in [0.25, 0.3) is 0 Å². The van der Waals surface area contributed by atoms with Gasteiger partial charge < -0.3 is 5.32 Å². The van der Waals surface area contributed by atoms with Crippen LogP contribution in [-0.2, 0) is 19.3 Å². The molecule has 3 rings (SSSR count). The number of aromatic nitrogens is 2. The minimum atomic E-state index is 0.386. The van der Waals surface area contributed by atoms with Crippen molar-refractivity contribution in [2.45, 2.75) is 65.3 Å². The Morgan fingerprint density at radius 3 is 2.87 bits per heavy atom. The van der Waals surface area contributed by atoms with Crippen LogP contribution in [0.4, 0.5) is 5.82 Å². The minimum absolute atomic E-state index is 0.386. The van der Waals surface area contributed by atoms with Gasteiger partial charge in [-0.3, -0.25) is 4.98 Å². The number of anilines is 1. The van der Waals surface area contributed by atoms with Crippen LogP contribution in [0.5, 0.6) is 0 Å². The van der Waals surface area contributed by atoms with E-state index >= 15 is 0 Å². The third-order valence-electron chi connectivity index (χ3n) is 4.88. The fourth-order valence-corrected chi connectivity index (χ4v) is 4.53. The summed E-state index contributed by atoms with van der Waals surface area (Å²) in [7, 11) is 0. The summed E-state index contributed by atoms with van der Waals surface area (Å²) in [6.07, 6.45) is 8.79. The van der Waals surface area contributed by atoms with Crippen LogP contribution in [-0.4, -0.2) is 9.97 Å². The lowest BCUT2D eigenvalue weighted by atomic mass is 9.81. The van der Waals surface area contributed by atoms with E-state index in [1.165, 1.54) is 31.2 Å². The Morgan fingerprint density at radius 1 is 1.26 bits per heavy atom. The number of thiophene rings is 1. The Morgan fingerprint density at radius 2 is 2.13 bits per heavy atom. The maximum Gasteiger partial charge on any atom is 0.148 e. The van der Waals surface area contributed by atoms with Crippen molar-refractivity contribution in [3.8, 4) is 0 Å². The van der Waals surface area contributed by atoms with E-state index < -0.39 is 0 Å². The van der Waals surface area contributed by atoms with Crippen molar-refractivity contribution in [2.24, 2.45) is 5.92 Å². The van der Waals surface area contributed by atoms with E-state index in [0.717, 1.165) is 30.0 Å². The topological polar surface area (TPSA) is 37.8 Å². The van der Waals surface area contributed by atoms with Gasteiger partial charge in [0.15, 0.2) is 0 Å². The molecule has 0 amide bonds. The van der Waals surface area contributed by atoms with Gasteiger partial charge in [-0.2, -0.15) is 0 Å². The summed E-state index contributed by atoms with van der Waals surface area (Å²) in [6.45, 7) is 6.58. The Balaban J connectivity index is 1.93. The zero-order valence-electron chi connectivity index (χ0n) is 14.4. The third-order valence-corrected chi connectivity index (χ3v) is 5.87. The average molecular weight is 330 g/mol. The summed E-state index contributed by atoms with van der Waals surface area (Å²) in [5.74, 6) is 1.69. The molecule has 2 aromatic heterocycles. The first kappa shape index (κ1) is 16.4. The molecule has 2 aromatic rings. The molecule has 0 unspecified atom stereocenters. The number of aryl methyl sites for hydroxylation is 3. The van der Waals surface area contributed by atoms with Crippen molar-refractivity contribution in [2.75, 3.05) is 5.32 Å². The summed E-state index contributed by atoms with van der Waals surface area (Å²) in [5.41, 5.74) is 3.64. The van der Waals surface area contributed by atoms with Gasteiger partial charge in [0, 0.05) is 11.1 Å². The van der Waals surface area contributed by atoms with Crippen molar-refractivity contribution in [3.05, 3.63) is 39.5 Å². The van der Waals surface area contributed by atoms with E-state index in [0.29, 0.717) is 12.0 Å². The summed E-state index contributed by atoms with van der Waals surface area (Å²) >= 11 is 1.90. The fraction of sp³-hybridized carbons (Fsp3) is 0.579. The first-order valence-electron chi connectivity index (χ1n) is 8.94. The lowest BCUT2D eigenvalue weighted by Crippen LogP contribution is -2.27. The SMILES string of the molecule is CCC[C@@H]1CCc2sccc2[C@@H]1Nc1nc(CC)cnc1CC. The summed E-state index contributed by atoms with van der Waals surface area (Å²) in [5, 5.41) is 6.02. The molecule has 0 radical (unpaired) electrons. The molecular formula is C19H27N3S. The van der Waals surface area contributed by atoms with Crippen LogP contribution in [0.2, 0.25) is 0 Å². The average Bonchev–Trinajstić information content (AvgIpc) is 3.06. The van der Waals surface area contributed by atoms with Gasteiger partial charge >= 0.3 is 0 Å². The van der Waals surface area contributed by atoms with Gasteiger partial charge in [-0.1, -0.05) is 27.2 Å². The molecule has 0 saturated carbocycles. The molecule has 2 heterocycles. The lowest BCUT2D eigenvalue weighted by molar-refractivity contribution is 0.372. The molecule has 0 aliphatic heterocycles. The second-order valence-electron chi connectivity index (χ2n) is 6.37. The monoisotopic (exact) mass is 329 g/mol. The largest absolute Gasteiger partial charge is 0.361 e. The zero-order valence-corrected chi connectivity index (χ0v) is 15.2. The molecule has 124 valence electrons. The van der Waals surface area contributed by atoms with Gasteiger partial charge in [0.2, 0.25) is 0 Å². The highest BCUT2D eigenvalue weighted by molar-refractivity contribution is 7.10. The third kappa shape index (κ3) is 3.42. The molecule has 3 nitrogen and oxygen atoms in total. The van der Waals surface area contributed by atoms with E-state index in [1.807, 2.05) is 17.5 Å². The highest BCUT2D eigenvalue weighted by Crippen LogP contribution is 2.41. The van der Waals surface area contributed by atoms with E-state index in [4.69, 9.17) is 4.98 Å². The van der Waals surface area contributed by atoms with Gasteiger partial charge in [-0.25, -0.2) is 4.98 Å². The second-order valence-corrected chi connectivity index (χ2v) is 7.37. The Kier molecular flexibility index (Phi) is 5.31. The fourth-order valence-electron chi connectivity index (χ4n) is 3.59. The number of nitrogens with zero attached hydrogens (tertiary/aromatic N) is 2. The zero-order chi connectivity index (χ0) is 16.2. The summed E-state index contributed by atoms with van der Waals surface area (Å²) in [6, 6.07) is 2.69. The molecule has 0 fully saturated rings. The van der Waals surface area contributed by atoms with Gasteiger partial charge in [0.05, 0.1) is 17.4 Å². The molecule has 4 heteroatoms. The molecule has 1 aliphatic carbocycles. The maximum absolute atomic E-state index is 4.84. The quantitative estimate of drug-likeness (QED) is 0.793. The predicted octanol–water partition coefficient (Wildman–Crippen LogP) is 5.18. The molecule has 0 bridgehead atoms. The Hall–Kier alpha value is -1.42. The van der Waals surface area contributed by atoms with Crippen molar-refractivity contribution in [3.63, 3.8) is 0 Å². The normalized spacial score (nSPS) is 20.3. The highest BCUT2D eigenvalue weighted by Gasteiger charge is 2.30. The first-order valence-corrected chi connectivity index (χ1v) is 9.82. The van der Waals surface area contributed by atoms with Crippen molar-refractivity contribution >= 4 is 17.2 Å². The minimum Gasteiger partial charge on any atom is -0.361 e. The van der Waals surface area contributed by atoms with Gasteiger partial charge in [0.25, 0.3) is 0 Å². The maximum atomic E-state index is 4.84. The molecule has 23 heavy (non-hydrogen) atoms. The number of rotatable bonds is 6. The van der Waals surface area contributed by atoms with Crippen LogP contribution < -0.4 is 5.32 Å². The number of hydrogen-bond acceptors (Lipinski definition) is 4. The van der Waals surface area contributed by atoms with Crippen molar-refractivity contribution in [1.82, 2.24) is 9.97 Å². The lowest BCUT2D eigenvalue weighted by Gasteiger charge is -2.33. The highest BCUT2D eigenvalue weighted by atomic mass is 32.1. The number of hydrogen-bond donors (Lipinski definition) is 1. The van der Waals surface area contributed by atoms with Crippen molar-refractivity contribution < 1.29 is 0 Å². The Bertz CT molecular complexity index is 650. The van der Waals surface area contributed by atoms with Crippen LogP contribution in [0, 0.1) is 5.92 Å². The smallest absolute Gasteiger partial charge is 0.148 e. The van der Waals surface area contributed by atoms with E-state index in [2.05, 4.69) is 42.5 Å². The molecule has 1 N–H and O–H groups in total. The number of nitrogens with one attached hydrogen (secondary N) is 1. The van der Waals surface area contributed by atoms with Gasteiger partial charge in [-0.05, 0) is 55.0 Å². The van der Waals surface area contributed by atoms with Crippen molar-refractivity contribution in [1.29, 1.82) is 0 Å². The van der Waals surface area contributed by atoms with Crippen LogP contribution >= 0.6 is 11.3 Å². The van der Waals surface area contributed by atoms with E-state index in [-0.39, 0.29) is 0 Å². The van der Waals surface area contributed by atoms with Gasteiger partial charge in [-0.15, -0.1) is 11.3 Å². The summed E-state index contributed by atoms with van der Waals surface area (Å²) < 4.78 is 0. The molecule has 0 saturated heterocycles. The van der Waals surface area contributed by atoms with Crippen LogP contribution in [0.3, 0.4) is 0 Å². The Labute approximate surface area is 143 Å². The summed E-state index contributed by atoms with van der Waals surface area (Å²) in [4.78, 5) is 11.0. The second kappa shape index (κ2) is 7.43. The van der Waals surface area contributed by atoms with Gasteiger partial charge in [0.1, 0.15) is 5.82 Å². The first-order chi connectivity index (χ1) is 11.3. The molecule has 1 aliphatic rings. The molecular weight excluding hydrogens is 302 g/mol. The number of fused-ring (bicyclic) bond motifs is 1. The molecule has 2 atom stereocenters. The van der Waals surface area contributed by atoms with E-state index in [9.17, 15) is 0 Å². The molecule has 0 aromatic carbocycles. The van der Waals surface area contributed by atoms with E-state index in [1.54, 1.807) is 4.88 Å².